The van der Waals surface area contributed by atoms with Crippen molar-refractivity contribution in [3.05, 3.63) is 0 Å². The lowest BCUT2D eigenvalue weighted by molar-refractivity contribution is 0.560. The van der Waals surface area contributed by atoms with E-state index in [0.29, 0.717) is 0 Å². The summed E-state index contributed by atoms with van der Waals surface area (Å²) in [5, 5.41) is 3.49. The SMILES string of the molecule is CCCCCNCCCCCCCN. The molecule has 0 rings (SSSR count). The molecule has 0 aliphatic carbocycles. The molecule has 14 heavy (non-hydrogen) atoms. The highest BCUT2D eigenvalue weighted by Crippen LogP contribution is 2.01. The van der Waals surface area contributed by atoms with E-state index in [-0.39, 0.29) is 0 Å². The summed E-state index contributed by atoms with van der Waals surface area (Å²) in [6.45, 7) is 5.51. The Balaban J connectivity index is 2.78. The summed E-state index contributed by atoms with van der Waals surface area (Å²) >= 11 is 0. The Labute approximate surface area is 89.6 Å². The van der Waals surface area contributed by atoms with Gasteiger partial charge in [0.15, 0.2) is 0 Å². The molecular weight excluding hydrogens is 172 g/mol. The predicted molar refractivity (Wildman–Crippen MR) is 64.5 cm³/mol. The van der Waals surface area contributed by atoms with Crippen LogP contribution in [0.2, 0.25) is 0 Å². The van der Waals surface area contributed by atoms with Crippen molar-refractivity contribution in [3.8, 4) is 0 Å². The summed E-state index contributed by atoms with van der Waals surface area (Å²) in [5.74, 6) is 0. The Kier molecular flexibility index (Phi) is 12.8. The fourth-order valence-electron chi connectivity index (χ4n) is 1.55. The van der Waals surface area contributed by atoms with Crippen LogP contribution in [0.1, 0.15) is 58.3 Å². The minimum atomic E-state index is 0.856. The van der Waals surface area contributed by atoms with Crippen LogP contribution in [-0.4, -0.2) is 19.6 Å². The number of hydrogen-bond donors (Lipinski definition) is 2. The average molecular weight is 200 g/mol. The molecular formula is C12H28N2. The Hall–Kier alpha value is -0.0800. The van der Waals surface area contributed by atoms with E-state index in [9.17, 15) is 0 Å². The number of rotatable bonds is 11. The van der Waals surface area contributed by atoms with Crippen molar-refractivity contribution in [2.75, 3.05) is 19.6 Å². The van der Waals surface area contributed by atoms with Gasteiger partial charge in [-0.15, -0.1) is 0 Å². The van der Waals surface area contributed by atoms with Crippen LogP contribution in [0.3, 0.4) is 0 Å². The van der Waals surface area contributed by atoms with Gasteiger partial charge < -0.3 is 11.1 Å². The van der Waals surface area contributed by atoms with Gasteiger partial charge in [-0.1, -0.05) is 39.0 Å². The van der Waals surface area contributed by atoms with E-state index in [0.717, 1.165) is 6.54 Å². The predicted octanol–water partition coefficient (Wildman–Crippen LogP) is 2.68. The van der Waals surface area contributed by atoms with Crippen LogP contribution in [0.5, 0.6) is 0 Å². The molecule has 0 saturated heterocycles. The molecule has 0 atom stereocenters. The normalized spacial score (nSPS) is 10.7. The van der Waals surface area contributed by atoms with Crippen LogP contribution in [0.4, 0.5) is 0 Å². The second-order valence-electron chi connectivity index (χ2n) is 4.01. The van der Waals surface area contributed by atoms with Gasteiger partial charge in [0.2, 0.25) is 0 Å². The average Bonchev–Trinajstić information content (AvgIpc) is 2.21. The van der Waals surface area contributed by atoms with E-state index < -0.39 is 0 Å². The first-order chi connectivity index (χ1) is 6.91. The molecule has 0 heterocycles. The van der Waals surface area contributed by atoms with Gasteiger partial charge in [-0.3, -0.25) is 0 Å². The fourth-order valence-corrected chi connectivity index (χ4v) is 1.55. The van der Waals surface area contributed by atoms with Crippen LogP contribution in [0.25, 0.3) is 0 Å². The molecule has 0 aromatic rings. The highest BCUT2D eigenvalue weighted by atomic mass is 14.8. The molecule has 0 saturated carbocycles. The number of nitrogens with one attached hydrogen (secondary N) is 1. The molecule has 2 nitrogen and oxygen atoms in total. The quantitative estimate of drug-likeness (QED) is 0.503. The highest BCUT2D eigenvalue weighted by Gasteiger charge is 1.90. The van der Waals surface area contributed by atoms with Crippen LogP contribution in [0.15, 0.2) is 0 Å². The maximum absolute atomic E-state index is 5.43. The van der Waals surface area contributed by atoms with Crippen molar-refractivity contribution in [1.29, 1.82) is 0 Å². The monoisotopic (exact) mass is 200 g/mol. The Bertz CT molecular complexity index is 82.3. The first-order valence-corrected chi connectivity index (χ1v) is 6.32. The molecule has 2 heteroatoms. The molecule has 0 bridgehead atoms. The summed E-state index contributed by atoms with van der Waals surface area (Å²) in [6, 6.07) is 0. The van der Waals surface area contributed by atoms with E-state index in [1.807, 2.05) is 0 Å². The smallest absolute Gasteiger partial charge is 0.00489 e. The van der Waals surface area contributed by atoms with E-state index in [2.05, 4.69) is 12.2 Å². The first kappa shape index (κ1) is 13.9. The van der Waals surface area contributed by atoms with Crippen molar-refractivity contribution in [1.82, 2.24) is 5.32 Å². The zero-order valence-electron chi connectivity index (χ0n) is 9.86. The molecule has 0 spiro atoms. The van der Waals surface area contributed by atoms with Gasteiger partial charge in [0.05, 0.1) is 0 Å². The summed E-state index contributed by atoms with van der Waals surface area (Å²) in [4.78, 5) is 0. The second-order valence-corrected chi connectivity index (χ2v) is 4.01. The molecule has 0 unspecified atom stereocenters. The van der Waals surface area contributed by atoms with E-state index in [1.54, 1.807) is 0 Å². The lowest BCUT2D eigenvalue weighted by atomic mass is 10.1. The topological polar surface area (TPSA) is 38.0 Å². The zero-order chi connectivity index (χ0) is 10.5. The van der Waals surface area contributed by atoms with Gasteiger partial charge in [0, 0.05) is 0 Å². The van der Waals surface area contributed by atoms with Crippen molar-refractivity contribution >= 4 is 0 Å². The standard InChI is InChI=1S/C12H28N2/c1-2-3-8-11-14-12-9-6-4-5-7-10-13/h14H,2-13H2,1H3. The van der Waals surface area contributed by atoms with E-state index in [4.69, 9.17) is 5.73 Å². The number of unbranched alkanes of at least 4 members (excludes halogenated alkanes) is 6. The molecule has 0 aliphatic rings. The minimum absolute atomic E-state index is 0.856. The number of hydrogen-bond acceptors (Lipinski definition) is 2. The van der Waals surface area contributed by atoms with Crippen molar-refractivity contribution in [2.24, 2.45) is 5.73 Å². The zero-order valence-corrected chi connectivity index (χ0v) is 9.86. The second kappa shape index (κ2) is 12.9. The summed E-state index contributed by atoms with van der Waals surface area (Å²) in [5.41, 5.74) is 5.43. The Morgan fingerprint density at radius 1 is 0.786 bits per heavy atom. The Morgan fingerprint density at radius 2 is 1.36 bits per heavy atom. The van der Waals surface area contributed by atoms with Gasteiger partial charge in [-0.05, 0) is 38.9 Å². The fraction of sp³-hybridized carbons (Fsp3) is 1.00. The van der Waals surface area contributed by atoms with Gasteiger partial charge in [0.25, 0.3) is 0 Å². The Morgan fingerprint density at radius 3 is 2.00 bits per heavy atom. The molecule has 86 valence electrons. The largest absolute Gasteiger partial charge is 0.330 e. The molecule has 0 aliphatic heterocycles. The van der Waals surface area contributed by atoms with Gasteiger partial charge in [0.1, 0.15) is 0 Å². The molecule has 3 N–H and O–H groups in total. The van der Waals surface area contributed by atoms with Gasteiger partial charge in [-0.25, -0.2) is 0 Å². The lowest BCUT2D eigenvalue weighted by Crippen LogP contribution is -2.16. The van der Waals surface area contributed by atoms with Crippen LogP contribution < -0.4 is 11.1 Å². The summed E-state index contributed by atoms with van der Waals surface area (Å²) < 4.78 is 0. The molecule has 0 amide bonds. The van der Waals surface area contributed by atoms with E-state index in [1.165, 1.54) is 64.5 Å². The van der Waals surface area contributed by atoms with E-state index >= 15 is 0 Å². The molecule has 0 aromatic heterocycles. The summed E-state index contributed by atoms with van der Waals surface area (Å²) in [7, 11) is 0. The van der Waals surface area contributed by atoms with Crippen LogP contribution in [-0.2, 0) is 0 Å². The van der Waals surface area contributed by atoms with Crippen molar-refractivity contribution in [2.45, 2.75) is 58.3 Å². The molecule has 0 fully saturated rings. The van der Waals surface area contributed by atoms with Crippen molar-refractivity contribution in [3.63, 3.8) is 0 Å². The maximum atomic E-state index is 5.43. The third kappa shape index (κ3) is 11.9. The lowest BCUT2D eigenvalue weighted by Gasteiger charge is -2.03. The minimum Gasteiger partial charge on any atom is -0.330 e. The first-order valence-electron chi connectivity index (χ1n) is 6.32. The van der Waals surface area contributed by atoms with Crippen molar-refractivity contribution < 1.29 is 0 Å². The van der Waals surface area contributed by atoms with Gasteiger partial charge >= 0.3 is 0 Å². The van der Waals surface area contributed by atoms with Crippen LogP contribution >= 0.6 is 0 Å². The molecule has 0 radical (unpaired) electrons. The third-order valence-corrected chi connectivity index (χ3v) is 2.51. The summed E-state index contributed by atoms with van der Waals surface area (Å²) in [6.07, 6.45) is 10.6. The third-order valence-electron chi connectivity index (χ3n) is 2.51. The van der Waals surface area contributed by atoms with Gasteiger partial charge in [-0.2, -0.15) is 0 Å². The maximum Gasteiger partial charge on any atom is -0.00489 e. The number of nitrogens with two attached hydrogens (primary N) is 1. The highest BCUT2D eigenvalue weighted by molar-refractivity contribution is 4.50. The van der Waals surface area contributed by atoms with Crippen LogP contribution in [0, 0.1) is 0 Å². The molecule has 0 aromatic carbocycles.